The van der Waals surface area contributed by atoms with E-state index in [1.165, 1.54) is 12.7 Å². The molecule has 0 saturated carbocycles. The number of aromatic nitrogens is 3. The van der Waals surface area contributed by atoms with Crippen molar-refractivity contribution in [2.45, 2.75) is 45.4 Å². The molecule has 3 heterocycles. The minimum absolute atomic E-state index is 0.127. The topological polar surface area (TPSA) is 89.4 Å². The van der Waals surface area contributed by atoms with Gasteiger partial charge >= 0.3 is 0 Å². The molecule has 1 fully saturated rings. The van der Waals surface area contributed by atoms with Gasteiger partial charge in [-0.1, -0.05) is 44.1 Å². The van der Waals surface area contributed by atoms with Crippen molar-refractivity contribution in [2.75, 3.05) is 6.61 Å². The van der Waals surface area contributed by atoms with Crippen molar-refractivity contribution in [3.8, 4) is 0 Å². The predicted molar refractivity (Wildman–Crippen MR) is 98.5 cm³/mol. The molecule has 134 valence electrons. The number of H-pyrrole nitrogens is 1. The summed E-state index contributed by atoms with van der Waals surface area (Å²) in [6.45, 7) is 4.53. The third kappa shape index (κ3) is 4.71. The van der Waals surface area contributed by atoms with Crippen LogP contribution in [0.25, 0.3) is 11.0 Å². The molecule has 0 radical (unpaired) electrons. The second-order valence-corrected chi connectivity index (χ2v) is 7.56. The Morgan fingerprint density at radius 2 is 2.29 bits per heavy atom. The van der Waals surface area contributed by atoms with Crippen LogP contribution in [0.3, 0.4) is 0 Å². The second kappa shape index (κ2) is 9.17. The summed E-state index contributed by atoms with van der Waals surface area (Å²) < 4.78 is 12.7. The van der Waals surface area contributed by atoms with Gasteiger partial charge in [0, 0.05) is 6.20 Å². The highest BCUT2D eigenvalue weighted by Crippen LogP contribution is 2.39. The number of thiol groups is 1. The molecule has 24 heavy (non-hydrogen) atoms. The monoisotopic (exact) mass is 393 g/mol. The lowest BCUT2D eigenvalue weighted by Crippen LogP contribution is -2.15. The summed E-state index contributed by atoms with van der Waals surface area (Å²) in [4.78, 5) is 27.5. The van der Waals surface area contributed by atoms with Crippen LogP contribution in [-0.2, 0) is 9.26 Å². The van der Waals surface area contributed by atoms with Gasteiger partial charge in [0.2, 0.25) is 7.58 Å². The highest BCUT2D eigenvalue weighted by atomic mass is 35.5. The number of fused-ring (bicyclic) bond motifs is 1. The summed E-state index contributed by atoms with van der Waals surface area (Å²) in [5.41, 5.74) is 0.219. The average molecular weight is 394 g/mol. The van der Waals surface area contributed by atoms with Crippen LogP contribution in [0.15, 0.2) is 17.3 Å². The molecule has 2 aromatic rings. The Morgan fingerprint density at radius 1 is 1.58 bits per heavy atom. The molecule has 3 atom stereocenters. The van der Waals surface area contributed by atoms with Crippen LogP contribution in [0.5, 0.6) is 0 Å². The van der Waals surface area contributed by atoms with Crippen LogP contribution in [0.1, 0.15) is 39.3 Å². The zero-order valence-corrected chi connectivity index (χ0v) is 16.0. The first-order valence-electron chi connectivity index (χ1n) is 7.67. The van der Waals surface area contributed by atoms with E-state index in [0.717, 1.165) is 12.8 Å². The van der Waals surface area contributed by atoms with E-state index in [-0.39, 0.29) is 24.5 Å². The third-order valence-electron chi connectivity index (χ3n) is 3.34. The van der Waals surface area contributed by atoms with Crippen molar-refractivity contribution in [1.29, 1.82) is 0 Å². The van der Waals surface area contributed by atoms with E-state index in [1.54, 1.807) is 10.8 Å². The highest BCUT2D eigenvalue weighted by molar-refractivity contribution is 8.41. The molecule has 1 saturated heterocycles. The largest absolute Gasteiger partial charge is 0.352 e. The SMILES string of the molecule is CCC.O=c1[nH]cnc2c1c(Cl)cn2C1CCC(COP(O)S)O1. The van der Waals surface area contributed by atoms with Crippen molar-refractivity contribution in [2.24, 2.45) is 0 Å². The first-order valence-corrected chi connectivity index (χ1v) is 10.4. The lowest BCUT2D eigenvalue weighted by Gasteiger charge is -2.16. The molecular formula is C14H21ClN3O4PS. The Bertz CT molecular complexity index is 724. The van der Waals surface area contributed by atoms with Crippen LogP contribution >= 0.6 is 31.4 Å². The average Bonchev–Trinajstić information content (AvgIpc) is 3.11. The number of ether oxygens (including phenoxy) is 1. The molecule has 1 aliphatic heterocycles. The molecule has 2 N–H and O–H groups in total. The number of nitrogens with zero attached hydrogens (tertiary/aromatic N) is 2. The molecular weight excluding hydrogens is 373 g/mol. The van der Waals surface area contributed by atoms with Crippen LogP contribution in [-0.4, -0.2) is 32.1 Å². The predicted octanol–water partition coefficient (Wildman–Crippen LogP) is 3.64. The van der Waals surface area contributed by atoms with Gasteiger partial charge in [-0.3, -0.25) is 4.79 Å². The number of hydrogen-bond acceptors (Lipinski definition) is 6. The van der Waals surface area contributed by atoms with Crippen LogP contribution in [0, 0.1) is 0 Å². The van der Waals surface area contributed by atoms with Gasteiger partial charge in [0.25, 0.3) is 5.56 Å². The molecule has 3 unspecified atom stereocenters. The summed E-state index contributed by atoms with van der Waals surface area (Å²) >= 11 is 9.90. The van der Waals surface area contributed by atoms with Gasteiger partial charge in [0.15, 0.2) is 5.65 Å². The van der Waals surface area contributed by atoms with Crippen LogP contribution in [0.4, 0.5) is 0 Å². The third-order valence-corrected chi connectivity index (χ3v) is 4.35. The molecule has 0 aliphatic carbocycles. The molecule has 10 heteroatoms. The summed E-state index contributed by atoms with van der Waals surface area (Å²) in [5, 5.41) is 0.702. The van der Waals surface area contributed by atoms with Gasteiger partial charge < -0.3 is 23.7 Å². The van der Waals surface area contributed by atoms with E-state index in [9.17, 15) is 4.79 Å². The lowest BCUT2D eigenvalue weighted by molar-refractivity contribution is -0.0147. The fourth-order valence-electron chi connectivity index (χ4n) is 2.43. The van der Waals surface area contributed by atoms with Gasteiger partial charge in [-0.15, -0.1) is 0 Å². The smallest absolute Gasteiger partial charge is 0.261 e. The number of aromatic amines is 1. The molecule has 0 bridgehead atoms. The fourth-order valence-corrected chi connectivity index (χ4v) is 3.21. The number of rotatable bonds is 4. The van der Waals surface area contributed by atoms with Crippen molar-refractivity contribution in [1.82, 2.24) is 14.5 Å². The van der Waals surface area contributed by atoms with Crippen LogP contribution < -0.4 is 5.56 Å². The Hall–Kier alpha value is -0.630. The lowest BCUT2D eigenvalue weighted by atomic mass is 10.2. The zero-order valence-electron chi connectivity index (χ0n) is 13.5. The summed E-state index contributed by atoms with van der Waals surface area (Å²) in [7, 11) is -1.68. The maximum absolute atomic E-state index is 11.8. The molecule has 0 aromatic carbocycles. The number of halogens is 1. The van der Waals surface area contributed by atoms with Gasteiger partial charge in [-0.05, 0) is 12.8 Å². The first kappa shape index (κ1) is 19.7. The van der Waals surface area contributed by atoms with Crippen molar-refractivity contribution in [3.05, 3.63) is 27.9 Å². The molecule has 1 aliphatic rings. The van der Waals surface area contributed by atoms with Gasteiger partial charge in [-0.2, -0.15) is 0 Å². The Balaban J connectivity index is 0.000000647. The second-order valence-electron chi connectivity index (χ2n) is 5.36. The van der Waals surface area contributed by atoms with Crippen molar-refractivity contribution in [3.63, 3.8) is 0 Å². The van der Waals surface area contributed by atoms with Gasteiger partial charge in [-0.25, -0.2) is 4.98 Å². The Morgan fingerprint density at radius 3 is 2.96 bits per heavy atom. The number of hydrogen-bond donors (Lipinski definition) is 3. The maximum Gasteiger partial charge on any atom is 0.261 e. The van der Waals surface area contributed by atoms with E-state index in [0.29, 0.717) is 16.1 Å². The van der Waals surface area contributed by atoms with E-state index in [2.05, 4.69) is 36.1 Å². The summed E-state index contributed by atoms with van der Waals surface area (Å²) in [6.07, 6.45) is 5.39. The molecule has 0 spiro atoms. The van der Waals surface area contributed by atoms with Gasteiger partial charge in [0.05, 0.1) is 24.1 Å². The molecule has 0 amide bonds. The standard InChI is InChI=1S/C11H13ClN3O4PS.C3H8/c12-7-3-15(10-9(7)11(16)14-5-13-10)8-2-1-6(19-8)4-18-20(17)21;1-3-2/h3,5-6,8,17,21H,1-2,4H2,(H,13,14,16);3H2,1-2H3. The normalized spacial score (nSPS) is 21.5. The quantitative estimate of drug-likeness (QED) is 0.545. The Labute approximate surface area is 151 Å². The van der Waals surface area contributed by atoms with Crippen molar-refractivity contribution >= 4 is 42.5 Å². The minimum atomic E-state index is -1.68. The minimum Gasteiger partial charge on any atom is -0.352 e. The Kier molecular flexibility index (Phi) is 7.53. The maximum atomic E-state index is 11.8. The van der Waals surface area contributed by atoms with E-state index in [4.69, 9.17) is 25.8 Å². The molecule has 2 aromatic heterocycles. The molecule has 3 rings (SSSR count). The summed E-state index contributed by atoms with van der Waals surface area (Å²) in [5.74, 6) is 0. The zero-order chi connectivity index (χ0) is 17.7. The van der Waals surface area contributed by atoms with Crippen LogP contribution in [0.2, 0.25) is 5.02 Å². The van der Waals surface area contributed by atoms with E-state index >= 15 is 0 Å². The highest BCUT2D eigenvalue weighted by Gasteiger charge is 2.29. The van der Waals surface area contributed by atoms with E-state index in [1.807, 2.05) is 0 Å². The van der Waals surface area contributed by atoms with E-state index < -0.39 is 7.58 Å². The summed E-state index contributed by atoms with van der Waals surface area (Å²) in [6, 6.07) is 0. The van der Waals surface area contributed by atoms with Gasteiger partial charge in [0.1, 0.15) is 11.6 Å². The van der Waals surface area contributed by atoms with Crippen molar-refractivity contribution < 1.29 is 14.2 Å². The fraction of sp³-hybridized carbons (Fsp3) is 0.571. The number of nitrogens with one attached hydrogen (secondary N) is 1. The molecule has 7 nitrogen and oxygen atoms in total. The first-order chi connectivity index (χ1) is 11.5.